The van der Waals surface area contributed by atoms with Crippen LogP contribution in [0.5, 0.6) is 0 Å². The number of hydrogen-bond donors (Lipinski definition) is 1. The first-order chi connectivity index (χ1) is 11.0. The topological polar surface area (TPSA) is 63.6 Å². The molecule has 1 fully saturated rings. The zero-order chi connectivity index (χ0) is 16.4. The van der Waals surface area contributed by atoms with Crippen LogP contribution in [0.4, 0.5) is 14.9 Å². The average molecular weight is 317 g/mol. The molecule has 6 nitrogen and oxygen atoms in total. The lowest BCUT2D eigenvalue weighted by Crippen LogP contribution is -2.33. The zero-order valence-corrected chi connectivity index (χ0v) is 12.5. The Hall–Kier alpha value is -2.83. The smallest absolute Gasteiger partial charge is 0.414 e. The number of nitrogens with one attached hydrogen (secondary N) is 1. The van der Waals surface area contributed by atoms with Crippen LogP contribution in [0.2, 0.25) is 0 Å². The largest absolute Gasteiger partial charge is 0.442 e. The number of amides is 2. The van der Waals surface area contributed by atoms with Gasteiger partial charge in [0, 0.05) is 19.3 Å². The number of anilines is 1. The number of halogens is 1. The maximum atomic E-state index is 13.8. The molecule has 1 saturated heterocycles. The number of aromatic nitrogens is 1. The molecule has 0 saturated carbocycles. The van der Waals surface area contributed by atoms with E-state index in [1.807, 2.05) is 0 Å². The summed E-state index contributed by atoms with van der Waals surface area (Å²) in [5.74, 6) is -0.521. The molecule has 1 N–H and O–H groups in total. The fourth-order valence-electron chi connectivity index (χ4n) is 2.45. The molecule has 0 spiro atoms. The van der Waals surface area contributed by atoms with Gasteiger partial charge in [-0.05, 0) is 18.2 Å². The number of nitrogens with zero attached hydrogens (tertiary/aromatic N) is 2. The highest BCUT2D eigenvalue weighted by Gasteiger charge is 2.32. The maximum absolute atomic E-state index is 13.8. The molecule has 23 heavy (non-hydrogen) atoms. The summed E-state index contributed by atoms with van der Waals surface area (Å²) in [6.45, 7) is 2.01. The molecule has 0 radical (unpaired) electrons. The monoisotopic (exact) mass is 317 g/mol. The number of carbonyl (C=O) groups is 2. The fraction of sp³-hybridized carbons (Fsp3) is 0.250. The molecule has 2 amide bonds. The van der Waals surface area contributed by atoms with Gasteiger partial charge in [0.1, 0.15) is 11.9 Å². The van der Waals surface area contributed by atoms with Crippen molar-refractivity contribution >= 4 is 17.7 Å². The molecule has 0 aliphatic carbocycles. The first-order valence-corrected chi connectivity index (χ1v) is 7.20. The van der Waals surface area contributed by atoms with E-state index in [0.717, 1.165) is 0 Å². The van der Waals surface area contributed by atoms with Crippen LogP contribution in [0.3, 0.4) is 0 Å². The number of cyclic esters (lactones) is 1. The van der Waals surface area contributed by atoms with Crippen LogP contribution in [0, 0.1) is 5.82 Å². The van der Waals surface area contributed by atoms with Crippen molar-refractivity contribution in [3.05, 3.63) is 48.5 Å². The number of hydrogen-bond acceptors (Lipinski definition) is 3. The Balaban J connectivity index is 1.74. The van der Waals surface area contributed by atoms with Gasteiger partial charge in [-0.1, -0.05) is 12.1 Å². The summed E-state index contributed by atoms with van der Waals surface area (Å²) in [5.41, 5.74) is 1.02. The highest BCUT2D eigenvalue weighted by Crippen LogP contribution is 2.24. The second-order valence-corrected chi connectivity index (χ2v) is 5.28. The van der Waals surface area contributed by atoms with Crippen molar-refractivity contribution in [2.75, 3.05) is 18.0 Å². The molecule has 1 aromatic carbocycles. The van der Waals surface area contributed by atoms with Crippen molar-refractivity contribution in [3.63, 3.8) is 0 Å². The minimum Gasteiger partial charge on any atom is -0.442 e. The van der Waals surface area contributed by atoms with Gasteiger partial charge in [-0.15, -0.1) is 0 Å². The number of carbonyl (C=O) groups excluding carboxylic acids is 2. The van der Waals surface area contributed by atoms with Crippen molar-refractivity contribution in [1.82, 2.24) is 9.88 Å². The third-order valence-corrected chi connectivity index (χ3v) is 3.57. The Kier molecular flexibility index (Phi) is 4.01. The molecular weight excluding hydrogens is 301 g/mol. The summed E-state index contributed by atoms with van der Waals surface area (Å²) in [5, 5.41) is 2.62. The van der Waals surface area contributed by atoms with E-state index in [4.69, 9.17) is 4.74 Å². The summed E-state index contributed by atoms with van der Waals surface area (Å²) in [7, 11) is 0. The number of rotatable bonds is 4. The van der Waals surface area contributed by atoms with Gasteiger partial charge in [0.05, 0.1) is 24.5 Å². The quantitative estimate of drug-likeness (QED) is 0.939. The van der Waals surface area contributed by atoms with E-state index in [2.05, 4.69) is 5.32 Å². The predicted molar refractivity (Wildman–Crippen MR) is 82.0 cm³/mol. The third-order valence-electron chi connectivity index (χ3n) is 3.57. The molecule has 2 aromatic rings. The van der Waals surface area contributed by atoms with Crippen LogP contribution < -0.4 is 10.2 Å². The van der Waals surface area contributed by atoms with Gasteiger partial charge < -0.3 is 14.6 Å². The molecular formula is C16H16FN3O3. The lowest BCUT2D eigenvalue weighted by atomic mass is 10.3. The van der Waals surface area contributed by atoms with E-state index in [0.29, 0.717) is 17.9 Å². The minimum absolute atomic E-state index is 0.176. The molecule has 3 rings (SSSR count). The Bertz CT molecular complexity index is 744. The van der Waals surface area contributed by atoms with Gasteiger partial charge in [0.25, 0.3) is 0 Å². The van der Waals surface area contributed by atoms with Crippen molar-refractivity contribution in [1.29, 1.82) is 0 Å². The third kappa shape index (κ3) is 3.18. The van der Waals surface area contributed by atoms with Gasteiger partial charge in [-0.2, -0.15) is 0 Å². The zero-order valence-electron chi connectivity index (χ0n) is 12.5. The van der Waals surface area contributed by atoms with Crippen LogP contribution in [-0.2, 0) is 9.53 Å². The van der Waals surface area contributed by atoms with Crippen LogP contribution in [0.25, 0.3) is 5.69 Å². The lowest BCUT2D eigenvalue weighted by molar-refractivity contribution is -0.119. The molecule has 1 unspecified atom stereocenters. The Morgan fingerprint density at radius 1 is 1.39 bits per heavy atom. The standard InChI is InChI=1S/C16H16FN3O3/c1-11(21)18-8-13-10-20(16(22)23-13)12-6-7-19(9-12)15-5-3-2-4-14(15)17/h2-7,9,13H,8,10H2,1H3,(H,18,21). The minimum atomic E-state index is -0.480. The van der Waals surface area contributed by atoms with Gasteiger partial charge in [0.15, 0.2) is 0 Å². The van der Waals surface area contributed by atoms with Gasteiger partial charge >= 0.3 is 6.09 Å². The van der Waals surface area contributed by atoms with E-state index in [1.54, 1.807) is 41.2 Å². The van der Waals surface area contributed by atoms with Crippen LogP contribution in [-0.4, -0.2) is 35.8 Å². The first kappa shape index (κ1) is 15.1. The molecule has 120 valence electrons. The van der Waals surface area contributed by atoms with E-state index < -0.39 is 12.2 Å². The Morgan fingerprint density at radius 3 is 2.91 bits per heavy atom. The summed E-state index contributed by atoms with van der Waals surface area (Å²) in [6.07, 6.45) is 2.47. The van der Waals surface area contributed by atoms with Crippen molar-refractivity contribution < 1.29 is 18.7 Å². The van der Waals surface area contributed by atoms with E-state index in [1.165, 1.54) is 17.9 Å². The summed E-state index contributed by atoms with van der Waals surface area (Å²) < 4.78 is 20.6. The second-order valence-electron chi connectivity index (χ2n) is 5.28. The van der Waals surface area contributed by atoms with Gasteiger partial charge in [-0.25, -0.2) is 9.18 Å². The van der Waals surface area contributed by atoms with Gasteiger partial charge in [0.2, 0.25) is 5.91 Å². The van der Waals surface area contributed by atoms with Crippen LogP contribution >= 0.6 is 0 Å². The summed E-state index contributed by atoms with van der Waals surface area (Å²) in [4.78, 5) is 24.3. The lowest BCUT2D eigenvalue weighted by Gasteiger charge is -2.11. The second kappa shape index (κ2) is 6.12. The molecule has 7 heteroatoms. The first-order valence-electron chi connectivity index (χ1n) is 7.20. The van der Waals surface area contributed by atoms with Crippen molar-refractivity contribution in [3.8, 4) is 5.69 Å². The number of ether oxygens (including phenoxy) is 1. The molecule has 0 bridgehead atoms. The molecule has 1 aliphatic rings. The molecule has 2 heterocycles. The van der Waals surface area contributed by atoms with Crippen molar-refractivity contribution in [2.45, 2.75) is 13.0 Å². The van der Waals surface area contributed by atoms with E-state index >= 15 is 0 Å². The number of para-hydroxylation sites is 1. The molecule has 1 aromatic heterocycles. The van der Waals surface area contributed by atoms with Crippen molar-refractivity contribution in [2.24, 2.45) is 0 Å². The normalized spacial score (nSPS) is 17.2. The predicted octanol–water partition coefficient (Wildman–Crippen LogP) is 2.08. The molecule has 1 atom stereocenters. The Morgan fingerprint density at radius 2 is 2.17 bits per heavy atom. The SMILES string of the molecule is CC(=O)NCC1CN(c2ccn(-c3ccccc3F)c2)C(=O)O1. The fourth-order valence-corrected chi connectivity index (χ4v) is 2.45. The average Bonchev–Trinajstić information content (AvgIpc) is 3.12. The Labute approximate surface area is 132 Å². The highest BCUT2D eigenvalue weighted by molar-refractivity contribution is 5.89. The number of benzene rings is 1. The highest BCUT2D eigenvalue weighted by atomic mass is 19.1. The van der Waals surface area contributed by atoms with E-state index in [9.17, 15) is 14.0 Å². The van der Waals surface area contributed by atoms with Crippen LogP contribution in [0.1, 0.15) is 6.92 Å². The van der Waals surface area contributed by atoms with Gasteiger partial charge in [-0.3, -0.25) is 9.69 Å². The summed E-state index contributed by atoms with van der Waals surface area (Å²) >= 11 is 0. The summed E-state index contributed by atoms with van der Waals surface area (Å²) in [6, 6.07) is 8.11. The van der Waals surface area contributed by atoms with Crippen LogP contribution in [0.15, 0.2) is 42.7 Å². The maximum Gasteiger partial charge on any atom is 0.414 e. The van der Waals surface area contributed by atoms with E-state index in [-0.39, 0.29) is 18.3 Å². The molecule has 1 aliphatic heterocycles.